The van der Waals surface area contributed by atoms with Gasteiger partial charge in [0.25, 0.3) is 5.91 Å². The van der Waals surface area contributed by atoms with E-state index in [4.69, 9.17) is 0 Å². The van der Waals surface area contributed by atoms with Crippen LogP contribution >= 0.6 is 0 Å². The lowest BCUT2D eigenvalue weighted by Gasteiger charge is -2.07. The Morgan fingerprint density at radius 1 is 0.862 bits per heavy atom. The first-order chi connectivity index (χ1) is 14.2. The highest BCUT2D eigenvalue weighted by atomic mass is 16.1. The molecule has 0 atom stereocenters. The minimum Gasteiger partial charge on any atom is -0.307 e. The van der Waals surface area contributed by atoms with Gasteiger partial charge in [0.15, 0.2) is 0 Å². The van der Waals surface area contributed by atoms with E-state index in [0.717, 1.165) is 27.5 Å². The molecule has 0 saturated heterocycles. The maximum Gasteiger partial charge on any atom is 0.256 e. The predicted molar refractivity (Wildman–Crippen MR) is 109 cm³/mol. The smallest absolute Gasteiger partial charge is 0.256 e. The Morgan fingerprint density at radius 2 is 1.72 bits per heavy atom. The van der Waals surface area contributed by atoms with Gasteiger partial charge in [0.2, 0.25) is 0 Å². The minimum absolute atomic E-state index is 0.263. The first-order valence-electron chi connectivity index (χ1n) is 8.93. The van der Waals surface area contributed by atoms with Crippen LogP contribution in [0.3, 0.4) is 0 Å². The van der Waals surface area contributed by atoms with E-state index < -0.39 is 0 Å². The molecule has 5 rings (SSSR count). The minimum atomic E-state index is -0.263. The predicted octanol–water partition coefficient (Wildman–Crippen LogP) is 3.23. The van der Waals surface area contributed by atoms with E-state index in [1.54, 1.807) is 59.9 Å². The van der Waals surface area contributed by atoms with Gasteiger partial charge >= 0.3 is 0 Å². The lowest BCUT2D eigenvalue weighted by molar-refractivity contribution is 0.102. The highest BCUT2D eigenvalue weighted by molar-refractivity contribution is 6.06. The number of nitrogens with one attached hydrogen (secondary N) is 1. The Balaban J connectivity index is 1.45. The molecule has 0 aliphatic rings. The van der Waals surface area contributed by atoms with Crippen LogP contribution in [0.15, 0.2) is 67.5 Å². The standard InChI is InChI=1S/C21H15N7O/c1-28-12-16(10-26-28)15-6-14-8-20(25-11-19(14)24-9-15)27-21(29)13-2-3-17-18(7-13)23-5-4-22-17/h2-12H,1H3,(H,25,27,29). The van der Waals surface area contributed by atoms with E-state index >= 15 is 0 Å². The topological polar surface area (TPSA) is 98.5 Å². The van der Waals surface area contributed by atoms with Crippen molar-refractivity contribution in [1.29, 1.82) is 0 Å². The Morgan fingerprint density at radius 3 is 2.55 bits per heavy atom. The summed E-state index contributed by atoms with van der Waals surface area (Å²) in [5, 5.41) is 7.91. The summed E-state index contributed by atoms with van der Waals surface area (Å²) in [6, 6.07) is 9.01. The molecule has 0 bridgehead atoms. The first-order valence-corrected chi connectivity index (χ1v) is 8.93. The number of carbonyl (C=O) groups is 1. The molecule has 29 heavy (non-hydrogen) atoms. The SMILES string of the molecule is Cn1cc(-c2cnc3cnc(NC(=O)c4ccc5nccnc5c4)cc3c2)cn1. The number of aryl methyl sites for hydroxylation is 1. The number of fused-ring (bicyclic) bond motifs is 2. The maximum absolute atomic E-state index is 12.7. The molecule has 1 amide bonds. The van der Waals surface area contributed by atoms with Gasteiger partial charge in [0, 0.05) is 53.9 Å². The highest BCUT2D eigenvalue weighted by Crippen LogP contribution is 2.23. The van der Waals surface area contributed by atoms with Gasteiger partial charge < -0.3 is 5.32 Å². The molecule has 0 aliphatic carbocycles. The van der Waals surface area contributed by atoms with Crippen molar-refractivity contribution in [1.82, 2.24) is 29.7 Å². The van der Waals surface area contributed by atoms with Crippen LogP contribution < -0.4 is 5.32 Å². The number of rotatable bonds is 3. The molecule has 5 aromatic rings. The van der Waals surface area contributed by atoms with Crippen molar-refractivity contribution in [3.05, 3.63) is 73.1 Å². The summed E-state index contributed by atoms with van der Waals surface area (Å²) in [4.78, 5) is 29.9. The number of anilines is 1. The second-order valence-corrected chi connectivity index (χ2v) is 6.60. The molecule has 0 spiro atoms. The van der Waals surface area contributed by atoms with Gasteiger partial charge in [0.1, 0.15) is 5.82 Å². The first kappa shape index (κ1) is 16.9. The van der Waals surface area contributed by atoms with E-state index in [1.807, 2.05) is 19.3 Å². The van der Waals surface area contributed by atoms with Crippen LogP contribution in [0.4, 0.5) is 5.82 Å². The molecular formula is C21H15N7O. The average Bonchev–Trinajstić information content (AvgIpc) is 3.19. The molecule has 0 fully saturated rings. The summed E-state index contributed by atoms with van der Waals surface area (Å²) in [5.74, 6) is 0.188. The summed E-state index contributed by atoms with van der Waals surface area (Å²) in [6.07, 6.45) is 10.4. The summed E-state index contributed by atoms with van der Waals surface area (Å²) in [6.45, 7) is 0. The molecule has 8 nitrogen and oxygen atoms in total. The molecule has 4 heterocycles. The van der Waals surface area contributed by atoms with Crippen molar-refractivity contribution in [3.8, 4) is 11.1 Å². The number of amides is 1. The number of hydrogen-bond acceptors (Lipinski definition) is 6. The van der Waals surface area contributed by atoms with E-state index in [1.165, 1.54) is 0 Å². The molecular weight excluding hydrogens is 366 g/mol. The van der Waals surface area contributed by atoms with Crippen molar-refractivity contribution >= 4 is 33.7 Å². The van der Waals surface area contributed by atoms with Crippen molar-refractivity contribution in [2.45, 2.75) is 0 Å². The Kier molecular flexibility index (Phi) is 3.94. The Bertz CT molecular complexity index is 1380. The number of hydrogen-bond donors (Lipinski definition) is 1. The van der Waals surface area contributed by atoms with E-state index in [9.17, 15) is 4.79 Å². The second kappa shape index (κ2) is 6.75. The molecule has 0 radical (unpaired) electrons. The fourth-order valence-corrected chi connectivity index (χ4v) is 3.12. The van der Waals surface area contributed by atoms with Gasteiger partial charge in [-0.2, -0.15) is 5.10 Å². The van der Waals surface area contributed by atoms with Crippen molar-refractivity contribution in [2.75, 3.05) is 5.32 Å². The lowest BCUT2D eigenvalue weighted by Crippen LogP contribution is -2.13. The van der Waals surface area contributed by atoms with E-state index in [-0.39, 0.29) is 5.91 Å². The van der Waals surface area contributed by atoms with Gasteiger partial charge in [-0.25, -0.2) is 4.98 Å². The molecule has 0 aliphatic heterocycles. The normalized spacial score (nSPS) is 11.1. The zero-order valence-electron chi connectivity index (χ0n) is 15.4. The number of pyridine rings is 2. The largest absolute Gasteiger partial charge is 0.307 e. The summed E-state index contributed by atoms with van der Waals surface area (Å²) >= 11 is 0. The lowest BCUT2D eigenvalue weighted by atomic mass is 10.1. The van der Waals surface area contributed by atoms with Crippen molar-refractivity contribution < 1.29 is 4.79 Å². The van der Waals surface area contributed by atoms with Crippen LogP contribution in [-0.4, -0.2) is 35.6 Å². The van der Waals surface area contributed by atoms with Crippen LogP contribution in [0, 0.1) is 0 Å². The second-order valence-electron chi connectivity index (χ2n) is 6.60. The number of nitrogens with zero attached hydrogens (tertiary/aromatic N) is 6. The third-order valence-electron chi connectivity index (χ3n) is 4.58. The fourth-order valence-electron chi connectivity index (χ4n) is 3.12. The molecule has 1 aromatic carbocycles. The number of benzene rings is 1. The maximum atomic E-state index is 12.7. The van der Waals surface area contributed by atoms with Gasteiger partial charge in [-0.05, 0) is 30.3 Å². The highest BCUT2D eigenvalue weighted by Gasteiger charge is 2.10. The van der Waals surface area contributed by atoms with Gasteiger partial charge in [0.05, 0.1) is 28.9 Å². The zero-order chi connectivity index (χ0) is 19.8. The van der Waals surface area contributed by atoms with Crippen molar-refractivity contribution in [2.24, 2.45) is 7.05 Å². The quantitative estimate of drug-likeness (QED) is 0.515. The molecule has 0 saturated carbocycles. The molecule has 140 valence electrons. The molecule has 4 aromatic heterocycles. The zero-order valence-corrected chi connectivity index (χ0v) is 15.4. The monoisotopic (exact) mass is 381 g/mol. The van der Waals surface area contributed by atoms with Crippen LogP contribution in [0.25, 0.3) is 33.1 Å². The Labute approximate surface area is 165 Å². The average molecular weight is 381 g/mol. The van der Waals surface area contributed by atoms with Crippen LogP contribution in [-0.2, 0) is 7.05 Å². The van der Waals surface area contributed by atoms with E-state index in [0.29, 0.717) is 16.9 Å². The third-order valence-corrected chi connectivity index (χ3v) is 4.58. The van der Waals surface area contributed by atoms with Gasteiger partial charge in [-0.15, -0.1) is 0 Å². The number of aromatic nitrogens is 6. The molecule has 8 heteroatoms. The van der Waals surface area contributed by atoms with Crippen LogP contribution in [0.1, 0.15) is 10.4 Å². The summed E-state index contributed by atoms with van der Waals surface area (Å²) < 4.78 is 1.74. The van der Waals surface area contributed by atoms with Gasteiger partial charge in [-0.3, -0.25) is 24.4 Å². The Hall–Kier alpha value is -4.20. The van der Waals surface area contributed by atoms with Gasteiger partial charge in [-0.1, -0.05) is 0 Å². The summed E-state index contributed by atoms with van der Waals surface area (Å²) in [7, 11) is 1.87. The fraction of sp³-hybridized carbons (Fsp3) is 0.0476. The summed E-state index contributed by atoms with van der Waals surface area (Å²) in [5.41, 5.74) is 4.56. The van der Waals surface area contributed by atoms with E-state index in [2.05, 4.69) is 30.4 Å². The van der Waals surface area contributed by atoms with Crippen molar-refractivity contribution in [3.63, 3.8) is 0 Å². The van der Waals surface area contributed by atoms with Crippen LogP contribution in [0.5, 0.6) is 0 Å². The number of carbonyl (C=O) groups excluding carboxylic acids is 1. The van der Waals surface area contributed by atoms with Crippen LogP contribution in [0.2, 0.25) is 0 Å². The molecule has 1 N–H and O–H groups in total. The third kappa shape index (κ3) is 3.27. The molecule has 0 unspecified atom stereocenters.